The number of H-pyrrole nitrogens is 1. The van der Waals surface area contributed by atoms with E-state index in [0.29, 0.717) is 12.5 Å². The summed E-state index contributed by atoms with van der Waals surface area (Å²) in [5, 5.41) is 6.88. The first-order valence-electron chi connectivity index (χ1n) is 7.56. The third-order valence-electron chi connectivity index (χ3n) is 4.23. The number of rotatable bonds is 4. The van der Waals surface area contributed by atoms with Crippen LogP contribution in [0.2, 0.25) is 0 Å². The Bertz CT molecular complexity index is 654. The Morgan fingerprint density at radius 3 is 2.90 bits per heavy atom. The molecule has 0 aliphatic heterocycles. The van der Waals surface area contributed by atoms with Gasteiger partial charge in [0.1, 0.15) is 11.6 Å². The number of hydrogen-bond donors (Lipinski definition) is 1. The van der Waals surface area contributed by atoms with Crippen LogP contribution in [-0.4, -0.2) is 21.9 Å². The van der Waals surface area contributed by atoms with Crippen LogP contribution in [0, 0.1) is 0 Å². The van der Waals surface area contributed by atoms with Gasteiger partial charge in [-0.25, -0.2) is 9.89 Å². The van der Waals surface area contributed by atoms with E-state index in [1.165, 1.54) is 19.3 Å². The van der Waals surface area contributed by atoms with Gasteiger partial charge in [-0.1, -0.05) is 31.4 Å². The first kappa shape index (κ1) is 13.9. The van der Waals surface area contributed by atoms with E-state index in [9.17, 15) is 4.79 Å². The summed E-state index contributed by atoms with van der Waals surface area (Å²) >= 11 is 0. The minimum absolute atomic E-state index is 0.126. The monoisotopic (exact) mass is 287 g/mol. The molecule has 5 nitrogen and oxygen atoms in total. The lowest BCUT2D eigenvalue weighted by Gasteiger charge is -2.21. The fourth-order valence-electron chi connectivity index (χ4n) is 3.11. The lowest BCUT2D eigenvalue weighted by atomic mass is 9.88. The van der Waals surface area contributed by atoms with Crippen LogP contribution in [0.4, 0.5) is 0 Å². The topological polar surface area (TPSA) is 59.9 Å². The summed E-state index contributed by atoms with van der Waals surface area (Å²) in [5.41, 5.74) is 0.924. The van der Waals surface area contributed by atoms with Gasteiger partial charge in [0.2, 0.25) is 0 Å². The number of ether oxygens (including phenoxy) is 1. The minimum Gasteiger partial charge on any atom is -0.497 e. The van der Waals surface area contributed by atoms with Gasteiger partial charge in [-0.2, -0.15) is 5.10 Å². The van der Waals surface area contributed by atoms with Gasteiger partial charge in [-0.3, -0.25) is 4.57 Å². The average molecular weight is 287 g/mol. The van der Waals surface area contributed by atoms with Gasteiger partial charge in [0.25, 0.3) is 0 Å². The van der Waals surface area contributed by atoms with Crippen LogP contribution in [0.1, 0.15) is 49.4 Å². The molecule has 1 aliphatic carbocycles. The van der Waals surface area contributed by atoms with Crippen molar-refractivity contribution in [3.8, 4) is 5.75 Å². The van der Waals surface area contributed by atoms with Gasteiger partial charge in [0.15, 0.2) is 0 Å². The molecule has 0 saturated heterocycles. The van der Waals surface area contributed by atoms with E-state index in [0.717, 1.165) is 30.0 Å². The van der Waals surface area contributed by atoms with E-state index in [4.69, 9.17) is 4.74 Å². The Balaban J connectivity index is 1.87. The molecule has 0 bridgehead atoms. The molecule has 1 fully saturated rings. The summed E-state index contributed by atoms with van der Waals surface area (Å²) in [7, 11) is 1.65. The van der Waals surface area contributed by atoms with E-state index < -0.39 is 0 Å². The molecule has 0 amide bonds. The van der Waals surface area contributed by atoms with Gasteiger partial charge in [-0.15, -0.1) is 0 Å². The lowest BCUT2D eigenvalue weighted by molar-refractivity contribution is 0.412. The number of hydrogen-bond acceptors (Lipinski definition) is 3. The van der Waals surface area contributed by atoms with Crippen molar-refractivity contribution in [2.24, 2.45) is 0 Å². The van der Waals surface area contributed by atoms with Gasteiger partial charge in [0, 0.05) is 5.92 Å². The highest BCUT2D eigenvalue weighted by atomic mass is 16.5. The molecule has 0 spiro atoms. The molecule has 112 valence electrons. The average Bonchev–Trinajstić information content (AvgIpc) is 2.89. The molecular formula is C16H21N3O2. The highest BCUT2D eigenvalue weighted by Gasteiger charge is 2.22. The number of aromatic amines is 1. The van der Waals surface area contributed by atoms with Gasteiger partial charge < -0.3 is 4.74 Å². The molecule has 0 unspecified atom stereocenters. The first-order chi connectivity index (χ1) is 10.3. The van der Waals surface area contributed by atoms with Crippen LogP contribution < -0.4 is 10.4 Å². The molecule has 1 saturated carbocycles. The Morgan fingerprint density at radius 2 is 2.14 bits per heavy atom. The number of nitrogens with one attached hydrogen (secondary N) is 1. The fraction of sp³-hybridized carbons (Fsp3) is 0.500. The van der Waals surface area contributed by atoms with Crippen molar-refractivity contribution in [3.05, 3.63) is 46.1 Å². The molecule has 1 aromatic heterocycles. The fourth-order valence-corrected chi connectivity index (χ4v) is 3.11. The highest BCUT2D eigenvalue weighted by Crippen LogP contribution is 2.31. The van der Waals surface area contributed by atoms with E-state index in [1.807, 2.05) is 24.3 Å². The van der Waals surface area contributed by atoms with Crippen molar-refractivity contribution < 1.29 is 4.74 Å². The Morgan fingerprint density at radius 1 is 1.33 bits per heavy atom. The molecule has 1 N–H and O–H groups in total. The summed E-state index contributed by atoms with van der Waals surface area (Å²) < 4.78 is 7.01. The summed E-state index contributed by atoms with van der Waals surface area (Å²) in [6.07, 6.45) is 6.00. The number of methoxy groups -OCH3 is 1. The third-order valence-corrected chi connectivity index (χ3v) is 4.23. The molecular weight excluding hydrogens is 266 g/mol. The Labute approximate surface area is 124 Å². The molecule has 2 aromatic rings. The van der Waals surface area contributed by atoms with Crippen molar-refractivity contribution in [2.75, 3.05) is 7.11 Å². The van der Waals surface area contributed by atoms with E-state index in [-0.39, 0.29) is 5.69 Å². The summed E-state index contributed by atoms with van der Waals surface area (Å²) in [5.74, 6) is 2.12. The molecule has 3 rings (SSSR count). The smallest absolute Gasteiger partial charge is 0.343 e. The maximum Gasteiger partial charge on any atom is 0.343 e. The second-order valence-electron chi connectivity index (χ2n) is 5.66. The zero-order valence-corrected chi connectivity index (χ0v) is 12.3. The van der Waals surface area contributed by atoms with Crippen molar-refractivity contribution in [3.63, 3.8) is 0 Å². The molecule has 21 heavy (non-hydrogen) atoms. The van der Waals surface area contributed by atoms with Crippen LogP contribution in [0.15, 0.2) is 29.1 Å². The zero-order chi connectivity index (χ0) is 14.7. The highest BCUT2D eigenvalue weighted by molar-refractivity contribution is 5.28. The summed E-state index contributed by atoms with van der Waals surface area (Å²) in [6, 6.07) is 7.82. The predicted molar refractivity (Wildman–Crippen MR) is 80.8 cm³/mol. The van der Waals surface area contributed by atoms with Crippen LogP contribution in [0.25, 0.3) is 0 Å². The van der Waals surface area contributed by atoms with Gasteiger partial charge in [-0.05, 0) is 30.5 Å². The standard InChI is InChI=1S/C16H21N3O2/c1-21-14-9-5-6-12(10-14)11-19-15(17-18-16(19)20)13-7-3-2-4-8-13/h5-6,9-10,13H,2-4,7-8,11H2,1H3,(H,18,20). The van der Waals surface area contributed by atoms with E-state index >= 15 is 0 Å². The number of nitrogens with zero attached hydrogens (tertiary/aromatic N) is 2. The minimum atomic E-state index is -0.126. The SMILES string of the molecule is COc1cccc(Cn2c(C3CCCCC3)n[nH]c2=O)c1. The van der Waals surface area contributed by atoms with Crippen LogP contribution >= 0.6 is 0 Å². The Kier molecular flexibility index (Phi) is 4.08. The normalized spacial score (nSPS) is 16.0. The largest absolute Gasteiger partial charge is 0.497 e. The van der Waals surface area contributed by atoms with Crippen molar-refractivity contribution in [1.29, 1.82) is 0 Å². The third kappa shape index (κ3) is 3.01. The molecule has 0 atom stereocenters. The molecule has 5 heteroatoms. The quantitative estimate of drug-likeness (QED) is 0.940. The molecule has 0 radical (unpaired) electrons. The van der Waals surface area contributed by atoms with E-state index in [2.05, 4.69) is 10.2 Å². The maximum atomic E-state index is 12.1. The molecule has 1 aromatic carbocycles. The number of aromatic nitrogens is 3. The zero-order valence-electron chi connectivity index (χ0n) is 12.3. The maximum absolute atomic E-state index is 12.1. The Hall–Kier alpha value is -2.04. The second kappa shape index (κ2) is 6.16. The van der Waals surface area contributed by atoms with Crippen LogP contribution in [-0.2, 0) is 6.54 Å². The van der Waals surface area contributed by atoms with Crippen LogP contribution in [0.5, 0.6) is 5.75 Å². The number of benzene rings is 1. The molecule has 1 aliphatic rings. The van der Waals surface area contributed by atoms with Crippen LogP contribution in [0.3, 0.4) is 0 Å². The van der Waals surface area contributed by atoms with Gasteiger partial charge in [0.05, 0.1) is 13.7 Å². The summed E-state index contributed by atoms with van der Waals surface area (Å²) in [6.45, 7) is 0.540. The van der Waals surface area contributed by atoms with E-state index in [1.54, 1.807) is 11.7 Å². The van der Waals surface area contributed by atoms with Gasteiger partial charge >= 0.3 is 5.69 Å². The molecule has 1 heterocycles. The van der Waals surface area contributed by atoms with Crippen molar-refractivity contribution in [2.45, 2.75) is 44.6 Å². The first-order valence-corrected chi connectivity index (χ1v) is 7.56. The summed E-state index contributed by atoms with van der Waals surface area (Å²) in [4.78, 5) is 12.1. The second-order valence-corrected chi connectivity index (χ2v) is 5.66. The van der Waals surface area contributed by atoms with Crippen molar-refractivity contribution >= 4 is 0 Å². The predicted octanol–water partition coefficient (Wildman–Crippen LogP) is 2.68. The van der Waals surface area contributed by atoms with Crippen molar-refractivity contribution in [1.82, 2.24) is 14.8 Å². The lowest BCUT2D eigenvalue weighted by Crippen LogP contribution is -2.22.